The van der Waals surface area contributed by atoms with Gasteiger partial charge in [-0.15, -0.1) is 0 Å². The lowest BCUT2D eigenvalue weighted by molar-refractivity contribution is 0.0371. The Balaban J connectivity index is 1.43. The summed E-state index contributed by atoms with van der Waals surface area (Å²) in [6, 6.07) is 5.30. The smallest absolute Gasteiger partial charge is 0.262 e. The average molecular weight is 442 g/mol. The Kier molecular flexibility index (Phi) is 7.48. The van der Waals surface area contributed by atoms with E-state index >= 15 is 0 Å². The van der Waals surface area contributed by atoms with Gasteiger partial charge in [-0.1, -0.05) is 17.7 Å². The molecule has 0 radical (unpaired) electrons. The number of H-pyrrole nitrogens is 1. The van der Waals surface area contributed by atoms with Gasteiger partial charge in [0.05, 0.1) is 24.1 Å². The van der Waals surface area contributed by atoms with Crippen molar-refractivity contribution in [1.29, 1.82) is 0 Å². The normalized spacial score (nSPS) is 17.6. The zero-order chi connectivity index (χ0) is 21.6. The van der Waals surface area contributed by atoms with E-state index in [1.165, 1.54) is 18.4 Å². The molecule has 0 unspecified atom stereocenters. The maximum Gasteiger partial charge on any atom is 0.262 e. The Labute approximate surface area is 187 Å². The van der Waals surface area contributed by atoms with Gasteiger partial charge in [0.2, 0.25) is 0 Å². The van der Waals surface area contributed by atoms with Gasteiger partial charge in [0.15, 0.2) is 10.6 Å². The number of nitrogens with zero attached hydrogens (tertiary/aromatic N) is 2. The van der Waals surface area contributed by atoms with Crippen molar-refractivity contribution in [1.82, 2.24) is 14.5 Å². The second-order valence-electron chi connectivity index (χ2n) is 8.49. The van der Waals surface area contributed by atoms with E-state index in [0.717, 1.165) is 58.5 Å². The number of fused-ring (bicyclic) bond motifs is 1. The highest BCUT2D eigenvalue weighted by atomic mass is 32.1. The summed E-state index contributed by atoms with van der Waals surface area (Å²) in [7, 11) is 0. The van der Waals surface area contributed by atoms with Crippen molar-refractivity contribution in [3.8, 4) is 0 Å². The second-order valence-corrected chi connectivity index (χ2v) is 8.87. The first kappa shape index (κ1) is 22.1. The first-order valence-electron chi connectivity index (χ1n) is 11.4. The molecule has 31 heavy (non-hydrogen) atoms. The van der Waals surface area contributed by atoms with Crippen LogP contribution in [0.3, 0.4) is 0 Å². The molecule has 1 fully saturated rings. The van der Waals surface area contributed by atoms with Crippen molar-refractivity contribution in [2.45, 2.75) is 51.5 Å². The van der Waals surface area contributed by atoms with Crippen molar-refractivity contribution >= 4 is 28.9 Å². The summed E-state index contributed by atoms with van der Waals surface area (Å²) in [4.78, 5) is 31.2. The molecule has 0 amide bonds. The molecule has 0 bridgehead atoms. The summed E-state index contributed by atoms with van der Waals surface area (Å²) in [5.41, 5.74) is 2.61. The third kappa shape index (κ3) is 5.59. The number of benzene rings is 1. The molecule has 166 valence electrons. The van der Waals surface area contributed by atoms with Crippen LogP contribution >= 0.6 is 12.2 Å². The highest BCUT2D eigenvalue weighted by Crippen LogP contribution is 2.21. The molecule has 4 rings (SSSR count). The number of rotatable bonds is 8. The molecule has 0 atom stereocenters. The molecule has 0 spiro atoms. The van der Waals surface area contributed by atoms with Crippen LogP contribution in [0.4, 0.5) is 0 Å². The molecular weight excluding hydrogens is 410 g/mol. The molecule has 1 aliphatic carbocycles. The molecule has 2 aliphatic rings. The average Bonchev–Trinajstić information content (AvgIpc) is 2.80. The van der Waals surface area contributed by atoms with Gasteiger partial charge in [0.25, 0.3) is 5.56 Å². The minimum absolute atomic E-state index is 0.0820. The van der Waals surface area contributed by atoms with Crippen LogP contribution in [0.5, 0.6) is 0 Å². The molecule has 2 aromatic rings. The lowest BCUT2D eigenvalue weighted by atomic mass is 9.97. The summed E-state index contributed by atoms with van der Waals surface area (Å²) in [6.07, 6.45) is 9.23. The minimum atomic E-state index is -0.0820. The van der Waals surface area contributed by atoms with Gasteiger partial charge in [-0.3, -0.25) is 19.1 Å². The Morgan fingerprint density at radius 2 is 2.00 bits per heavy atom. The number of aromatic amines is 1. The standard InChI is InChI=1S/C24H31N3O3S/c28-22(7-4-11-26-13-15-30-16-14-26)19-8-9-20-21(17-19)25-24(31)27(23(20)29)12-10-18-5-2-1-3-6-18/h5,8-9,17H,1-4,6-7,10-16H2,(H,25,31). The number of ether oxygens (including phenoxy) is 1. The molecule has 1 aromatic heterocycles. The van der Waals surface area contributed by atoms with E-state index in [1.54, 1.807) is 22.8 Å². The Morgan fingerprint density at radius 1 is 1.16 bits per heavy atom. The summed E-state index contributed by atoms with van der Waals surface area (Å²) in [5, 5.41) is 0.580. The van der Waals surface area contributed by atoms with Gasteiger partial charge in [-0.25, -0.2) is 0 Å². The number of morpholine rings is 1. The van der Waals surface area contributed by atoms with Gasteiger partial charge >= 0.3 is 0 Å². The van der Waals surface area contributed by atoms with Gasteiger partial charge in [0, 0.05) is 31.6 Å². The zero-order valence-corrected chi connectivity index (χ0v) is 18.8. The van der Waals surface area contributed by atoms with E-state index < -0.39 is 0 Å². The van der Waals surface area contributed by atoms with Crippen molar-refractivity contribution in [2.75, 3.05) is 32.8 Å². The fourth-order valence-corrected chi connectivity index (χ4v) is 4.73. The lowest BCUT2D eigenvalue weighted by Gasteiger charge is -2.26. The molecule has 1 saturated heterocycles. The number of hydrogen-bond acceptors (Lipinski definition) is 5. The maximum absolute atomic E-state index is 13.0. The summed E-state index contributed by atoms with van der Waals surface area (Å²) in [5.74, 6) is 0.0999. The third-order valence-electron chi connectivity index (χ3n) is 6.33. The molecule has 1 N–H and O–H groups in total. The SMILES string of the molecule is O=C(CCCN1CCOCC1)c1ccc2c(=O)n(CCC3=CCCCC3)c(=S)[nH]c2c1. The van der Waals surface area contributed by atoms with Gasteiger partial charge in [0.1, 0.15) is 0 Å². The van der Waals surface area contributed by atoms with Crippen LogP contribution in [0, 0.1) is 4.77 Å². The Hall–Kier alpha value is -2.09. The van der Waals surface area contributed by atoms with Gasteiger partial charge in [-0.2, -0.15) is 0 Å². The highest BCUT2D eigenvalue weighted by Gasteiger charge is 2.14. The number of carbonyl (C=O) groups is 1. The fourth-order valence-electron chi connectivity index (χ4n) is 4.45. The van der Waals surface area contributed by atoms with Crippen LogP contribution < -0.4 is 5.56 Å². The Bertz CT molecular complexity index is 1080. The van der Waals surface area contributed by atoms with Gasteiger partial charge in [-0.05, 0) is 69.4 Å². The van der Waals surface area contributed by atoms with E-state index in [4.69, 9.17) is 17.0 Å². The van der Waals surface area contributed by atoms with E-state index in [2.05, 4.69) is 16.0 Å². The van der Waals surface area contributed by atoms with Gasteiger partial charge < -0.3 is 9.72 Å². The number of Topliss-reactive ketones (excluding diaryl/α,β-unsaturated/α-hetero) is 1. The quantitative estimate of drug-likeness (QED) is 0.377. The van der Waals surface area contributed by atoms with Crippen molar-refractivity contribution in [3.63, 3.8) is 0 Å². The number of hydrogen-bond donors (Lipinski definition) is 1. The first-order valence-corrected chi connectivity index (χ1v) is 11.8. The number of carbonyl (C=O) groups excluding carboxylic acids is 1. The molecule has 2 heterocycles. The fraction of sp³-hybridized carbons (Fsp3) is 0.542. The summed E-state index contributed by atoms with van der Waals surface area (Å²) >= 11 is 5.47. The molecule has 0 saturated carbocycles. The largest absolute Gasteiger partial charge is 0.379 e. The molecule has 7 heteroatoms. The van der Waals surface area contributed by atoms with Crippen LogP contribution in [0.2, 0.25) is 0 Å². The van der Waals surface area contributed by atoms with Crippen molar-refractivity contribution in [3.05, 3.63) is 50.5 Å². The maximum atomic E-state index is 13.0. The molecular formula is C24H31N3O3S. The minimum Gasteiger partial charge on any atom is -0.379 e. The predicted molar refractivity (Wildman–Crippen MR) is 125 cm³/mol. The van der Waals surface area contributed by atoms with Crippen LogP contribution in [0.15, 0.2) is 34.6 Å². The second kappa shape index (κ2) is 10.5. The summed E-state index contributed by atoms with van der Waals surface area (Å²) in [6.45, 7) is 4.92. The third-order valence-corrected chi connectivity index (χ3v) is 6.65. The number of aromatic nitrogens is 2. The summed E-state index contributed by atoms with van der Waals surface area (Å²) < 4.78 is 7.43. The van der Waals surface area contributed by atoms with Crippen molar-refractivity contribution < 1.29 is 9.53 Å². The Morgan fingerprint density at radius 3 is 2.77 bits per heavy atom. The topological polar surface area (TPSA) is 67.3 Å². The molecule has 1 aliphatic heterocycles. The number of allylic oxidation sites excluding steroid dienone is 2. The van der Waals surface area contributed by atoms with Crippen LogP contribution in [0.25, 0.3) is 10.9 Å². The lowest BCUT2D eigenvalue weighted by Crippen LogP contribution is -2.36. The first-order chi connectivity index (χ1) is 15.1. The van der Waals surface area contributed by atoms with E-state index in [9.17, 15) is 9.59 Å². The predicted octanol–water partition coefficient (Wildman–Crippen LogP) is 4.24. The highest BCUT2D eigenvalue weighted by molar-refractivity contribution is 7.71. The van der Waals surface area contributed by atoms with Crippen molar-refractivity contribution in [2.24, 2.45) is 0 Å². The van der Waals surface area contributed by atoms with E-state index in [-0.39, 0.29) is 11.3 Å². The number of ketones is 1. The monoisotopic (exact) mass is 441 g/mol. The zero-order valence-electron chi connectivity index (χ0n) is 18.0. The van der Waals surface area contributed by atoms with Crippen LogP contribution in [0.1, 0.15) is 55.3 Å². The molecule has 1 aromatic carbocycles. The van der Waals surface area contributed by atoms with E-state index in [1.807, 2.05) is 0 Å². The van der Waals surface area contributed by atoms with Crippen LogP contribution in [-0.2, 0) is 11.3 Å². The molecule has 6 nitrogen and oxygen atoms in total. The van der Waals surface area contributed by atoms with E-state index in [0.29, 0.717) is 34.2 Å². The van der Waals surface area contributed by atoms with Crippen LogP contribution in [-0.4, -0.2) is 53.1 Å². The number of nitrogens with one attached hydrogen (secondary N) is 1.